The predicted molar refractivity (Wildman–Crippen MR) is 319 cm³/mol. The summed E-state index contributed by atoms with van der Waals surface area (Å²) in [6.07, 6.45) is 0. The molecule has 2 heteroatoms. The zero-order chi connectivity index (χ0) is 50.9. The van der Waals surface area contributed by atoms with Crippen molar-refractivity contribution in [1.29, 1.82) is 0 Å². The molecule has 12 aromatic carbocycles. The monoisotopic (exact) mass is 971 g/mol. The summed E-state index contributed by atoms with van der Waals surface area (Å²) in [7, 11) is 0. The van der Waals surface area contributed by atoms with E-state index in [-0.39, 0.29) is 10.8 Å². The lowest BCUT2D eigenvalue weighted by molar-refractivity contribution is 0.477. The number of hydrogen-bond acceptors (Lipinski definition) is 2. The van der Waals surface area contributed by atoms with Crippen LogP contribution in [0, 0.1) is 0 Å². The number of anilines is 3. The lowest BCUT2D eigenvalue weighted by Gasteiger charge is -2.36. The Morgan fingerprint density at radius 3 is 1.14 bits per heavy atom. The molecule has 2 aliphatic carbocycles. The van der Waals surface area contributed by atoms with Crippen LogP contribution in [0.1, 0.15) is 49.9 Å². The first-order chi connectivity index (χ1) is 37.2. The Labute approximate surface area is 444 Å². The third-order valence-electron chi connectivity index (χ3n) is 17.0. The van der Waals surface area contributed by atoms with Crippen LogP contribution in [-0.4, -0.2) is 0 Å². The van der Waals surface area contributed by atoms with Gasteiger partial charge in [-0.05, 0) is 159 Å². The molecule has 0 aromatic heterocycles. The van der Waals surface area contributed by atoms with Crippen LogP contribution in [0.4, 0.5) is 17.1 Å². The van der Waals surface area contributed by atoms with Crippen molar-refractivity contribution >= 4 is 38.6 Å². The molecule has 2 nitrogen and oxygen atoms in total. The Balaban J connectivity index is 0.961. The van der Waals surface area contributed by atoms with Crippen molar-refractivity contribution in [1.82, 2.24) is 0 Å². The van der Waals surface area contributed by atoms with Crippen LogP contribution in [-0.2, 0) is 10.8 Å². The predicted octanol–water partition coefficient (Wildman–Crippen LogP) is 20.5. The second kappa shape index (κ2) is 16.6. The van der Waals surface area contributed by atoms with E-state index in [9.17, 15) is 0 Å². The van der Waals surface area contributed by atoms with Gasteiger partial charge in [0.25, 0.3) is 0 Å². The maximum Gasteiger partial charge on any atom is 0.151 e. The van der Waals surface area contributed by atoms with Gasteiger partial charge in [0, 0.05) is 22.0 Å². The Morgan fingerprint density at radius 1 is 0.289 bits per heavy atom. The summed E-state index contributed by atoms with van der Waals surface area (Å²) >= 11 is 0. The zero-order valence-electron chi connectivity index (χ0n) is 43.0. The molecule has 12 aromatic rings. The highest BCUT2D eigenvalue weighted by atomic mass is 16.5. The van der Waals surface area contributed by atoms with Gasteiger partial charge in [-0.25, -0.2) is 0 Å². The Hall–Kier alpha value is -9.24. The number of ether oxygens (including phenoxy) is 1. The maximum absolute atomic E-state index is 7.13. The molecule has 0 saturated carbocycles. The highest BCUT2D eigenvalue weighted by Crippen LogP contribution is 2.59. The minimum absolute atomic E-state index is 0.178. The quantitative estimate of drug-likeness (QED) is 0.165. The van der Waals surface area contributed by atoms with E-state index in [1.165, 1.54) is 82.7 Å². The van der Waals surface area contributed by atoms with Crippen molar-refractivity contribution in [2.24, 2.45) is 0 Å². The molecule has 0 spiro atoms. The van der Waals surface area contributed by atoms with Gasteiger partial charge in [0.2, 0.25) is 0 Å². The fourth-order valence-electron chi connectivity index (χ4n) is 13.1. The average Bonchev–Trinajstić information content (AvgIpc) is 4.00. The van der Waals surface area contributed by atoms with Crippen molar-refractivity contribution in [2.75, 3.05) is 4.90 Å². The van der Waals surface area contributed by atoms with E-state index in [1.54, 1.807) is 0 Å². The van der Waals surface area contributed by atoms with E-state index < -0.39 is 0 Å². The normalized spacial score (nSPS) is 14.1. The zero-order valence-corrected chi connectivity index (χ0v) is 43.0. The van der Waals surface area contributed by atoms with E-state index >= 15 is 0 Å². The summed E-state index contributed by atoms with van der Waals surface area (Å²) in [5, 5.41) is 5.16. The fourth-order valence-corrected chi connectivity index (χ4v) is 13.1. The van der Waals surface area contributed by atoms with E-state index in [1.807, 2.05) is 0 Å². The van der Waals surface area contributed by atoms with Crippen molar-refractivity contribution in [3.8, 4) is 89.4 Å². The van der Waals surface area contributed by atoms with Gasteiger partial charge in [0.15, 0.2) is 11.5 Å². The van der Waals surface area contributed by atoms with E-state index in [0.29, 0.717) is 0 Å². The van der Waals surface area contributed by atoms with E-state index in [2.05, 4.69) is 281 Å². The number of rotatable bonds is 6. The molecule has 15 rings (SSSR count). The SMILES string of the molecule is CC1(C)c2cc(-c3ccc4c(c3)N(c3c(-c5ccccc5)cc(-c5ccccc5)cc3-c3ccccc3)c3cc(-c5ccc6c(c5)C(C)(C)c5ccc7ccccc7c5-6)ccc3O4)ccc2-c2c1ccc1ccccc21. The third-order valence-corrected chi connectivity index (χ3v) is 17.0. The highest BCUT2D eigenvalue weighted by molar-refractivity contribution is 6.06. The minimum atomic E-state index is -0.178. The van der Waals surface area contributed by atoms with Crippen molar-refractivity contribution in [3.05, 3.63) is 271 Å². The summed E-state index contributed by atoms with van der Waals surface area (Å²) in [6.45, 7) is 9.52. The average molecular weight is 972 g/mol. The molecule has 76 heavy (non-hydrogen) atoms. The number of benzene rings is 12. The van der Waals surface area contributed by atoms with Gasteiger partial charge >= 0.3 is 0 Å². The maximum atomic E-state index is 7.13. The summed E-state index contributed by atoms with van der Waals surface area (Å²) < 4.78 is 7.13. The molecular weight excluding hydrogens is 919 g/mol. The number of fused-ring (bicyclic) bond motifs is 12. The van der Waals surface area contributed by atoms with Crippen LogP contribution < -0.4 is 9.64 Å². The fraction of sp³-hybridized carbons (Fsp3) is 0.0811. The van der Waals surface area contributed by atoms with Gasteiger partial charge in [-0.1, -0.05) is 228 Å². The number of nitrogens with zero attached hydrogens (tertiary/aromatic N) is 1. The molecule has 3 aliphatic rings. The lowest BCUT2D eigenvalue weighted by atomic mass is 9.81. The van der Waals surface area contributed by atoms with Gasteiger partial charge < -0.3 is 9.64 Å². The standard InChI is InChI=1S/C74H53NO/c1-73(2)62-36-30-49-24-14-16-26-56(49)70(62)58-34-28-51(42-64(58)73)53-32-38-68-66(44-53)75(72-60(47-20-10-6-11-21-47)40-55(46-18-8-5-9-19-46)41-61(72)48-22-12-7-13-23-48)67-45-54(33-39-69(67)76-68)52-29-35-59-65(43-52)74(3,4)63-37-31-50-25-15-17-27-57(50)71(59)63/h5-45H,1-4H3. The molecule has 0 radical (unpaired) electrons. The van der Waals surface area contributed by atoms with Gasteiger partial charge in [0.05, 0.1) is 17.1 Å². The largest absolute Gasteiger partial charge is 0.453 e. The van der Waals surface area contributed by atoms with Gasteiger partial charge in [0.1, 0.15) is 0 Å². The van der Waals surface area contributed by atoms with Crippen LogP contribution in [0.3, 0.4) is 0 Å². The summed E-state index contributed by atoms with van der Waals surface area (Å²) in [5.41, 5.74) is 24.9. The Kier molecular flexibility index (Phi) is 9.69. The smallest absolute Gasteiger partial charge is 0.151 e. The third kappa shape index (κ3) is 6.66. The molecular formula is C74H53NO. The lowest BCUT2D eigenvalue weighted by Crippen LogP contribution is -2.18. The summed E-state index contributed by atoms with van der Waals surface area (Å²) in [6, 6.07) is 92.1. The first-order valence-corrected chi connectivity index (χ1v) is 26.6. The Bertz CT molecular complexity index is 4100. The molecule has 0 saturated heterocycles. The topological polar surface area (TPSA) is 12.5 Å². The second-order valence-corrected chi connectivity index (χ2v) is 22.0. The Morgan fingerprint density at radius 2 is 0.684 bits per heavy atom. The van der Waals surface area contributed by atoms with Crippen LogP contribution in [0.2, 0.25) is 0 Å². The molecule has 0 atom stereocenters. The molecule has 1 aliphatic heterocycles. The van der Waals surface area contributed by atoms with Gasteiger partial charge in [-0.2, -0.15) is 0 Å². The van der Waals surface area contributed by atoms with E-state index in [0.717, 1.165) is 67.5 Å². The van der Waals surface area contributed by atoms with E-state index in [4.69, 9.17) is 4.74 Å². The molecule has 360 valence electrons. The molecule has 0 bridgehead atoms. The van der Waals surface area contributed by atoms with Crippen molar-refractivity contribution in [2.45, 2.75) is 38.5 Å². The van der Waals surface area contributed by atoms with Crippen LogP contribution in [0.5, 0.6) is 11.5 Å². The first kappa shape index (κ1) is 44.3. The first-order valence-electron chi connectivity index (χ1n) is 26.6. The minimum Gasteiger partial charge on any atom is -0.453 e. The van der Waals surface area contributed by atoms with Crippen LogP contribution in [0.25, 0.3) is 99.4 Å². The summed E-state index contributed by atoms with van der Waals surface area (Å²) in [5.74, 6) is 1.61. The van der Waals surface area contributed by atoms with Crippen molar-refractivity contribution in [3.63, 3.8) is 0 Å². The highest BCUT2D eigenvalue weighted by Gasteiger charge is 2.39. The summed E-state index contributed by atoms with van der Waals surface area (Å²) in [4.78, 5) is 2.51. The molecule has 0 fully saturated rings. The van der Waals surface area contributed by atoms with Gasteiger partial charge in [-0.15, -0.1) is 0 Å². The van der Waals surface area contributed by atoms with Crippen LogP contribution in [0.15, 0.2) is 249 Å². The van der Waals surface area contributed by atoms with Crippen molar-refractivity contribution < 1.29 is 4.74 Å². The second-order valence-electron chi connectivity index (χ2n) is 22.0. The molecule has 0 amide bonds. The van der Waals surface area contributed by atoms with Gasteiger partial charge in [-0.3, -0.25) is 0 Å². The molecule has 0 N–H and O–H groups in total. The molecule has 1 heterocycles. The van der Waals surface area contributed by atoms with Crippen LogP contribution >= 0.6 is 0 Å². The molecule has 0 unspecified atom stereocenters. The number of hydrogen-bond donors (Lipinski definition) is 0.